The van der Waals surface area contributed by atoms with Crippen molar-refractivity contribution in [1.82, 2.24) is 4.90 Å². The van der Waals surface area contributed by atoms with Crippen LogP contribution in [-0.4, -0.2) is 71.9 Å². The Balaban J connectivity index is 1.52. The van der Waals surface area contributed by atoms with Gasteiger partial charge in [-0.25, -0.2) is 21.2 Å². The van der Waals surface area contributed by atoms with E-state index in [0.29, 0.717) is 31.9 Å². The lowest BCUT2D eigenvalue weighted by atomic mass is 10.1. The Bertz CT molecular complexity index is 1350. The van der Waals surface area contributed by atoms with Gasteiger partial charge in [-0.15, -0.1) is 0 Å². The minimum absolute atomic E-state index is 0.0000459. The Hall–Kier alpha value is -2.66. The summed E-state index contributed by atoms with van der Waals surface area (Å²) in [5, 5.41) is 0. The highest BCUT2D eigenvalue weighted by Gasteiger charge is 2.28. The van der Waals surface area contributed by atoms with Crippen molar-refractivity contribution in [3.63, 3.8) is 0 Å². The molecule has 2 aliphatic rings. The first kappa shape index (κ1) is 26.4. The fourth-order valence-corrected chi connectivity index (χ4v) is 6.16. The van der Waals surface area contributed by atoms with Crippen molar-refractivity contribution >= 4 is 31.3 Å². The topological polar surface area (TPSA) is 101 Å². The number of benzene rings is 2. The summed E-state index contributed by atoms with van der Waals surface area (Å²) < 4.78 is 69.2. The molecular weight excluding hydrogens is 507 g/mol. The predicted octanol–water partition coefficient (Wildman–Crippen LogP) is 3.31. The second-order valence-electron chi connectivity index (χ2n) is 9.25. The second-order valence-corrected chi connectivity index (χ2v) is 13.5. The smallest absolute Gasteiger partial charge is 0.257 e. The van der Waals surface area contributed by atoms with Gasteiger partial charge in [-0.3, -0.25) is 4.79 Å². The van der Waals surface area contributed by atoms with Crippen molar-refractivity contribution < 1.29 is 30.8 Å². The van der Waals surface area contributed by atoms with Crippen LogP contribution in [0.4, 0.5) is 10.1 Å². The van der Waals surface area contributed by atoms with Crippen LogP contribution in [-0.2, 0) is 19.7 Å². The van der Waals surface area contributed by atoms with E-state index in [1.165, 1.54) is 31.2 Å². The van der Waals surface area contributed by atoms with Gasteiger partial charge in [0, 0.05) is 32.4 Å². The minimum atomic E-state index is -3.52. The summed E-state index contributed by atoms with van der Waals surface area (Å²) in [4.78, 5) is 16.8. The lowest BCUT2D eigenvalue weighted by Gasteiger charge is -2.36. The van der Waals surface area contributed by atoms with E-state index in [0.717, 1.165) is 38.0 Å². The molecule has 36 heavy (non-hydrogen) atoms. The third-order valence-electron chi connectivity index (χ3n) is 6.77. The lowest BCUT2D eigenvalue weighted by molar-refractivity contribution is 0.0739. The maximum absolute atomic E-state index is 14.8. The van der Waals surface area contributed by atoms with Crippen molar-refractivity contribution in [2.45, 2.75) is 48.5 Å². The van der Waals surface area contributed by atoms with Crippen molar-refractivity contribution in [3.05, 3.63) is 47.8 Å². The molecule has 1 amide bonds. The summed E-state index contributed by atoms with van der Waals surface area (Å²) >= 11 is 0. The zero-order chi connectivity index (χ0) is 26.1. The van der Waals surface area contributed by atoms with E-state index in [9.17, 15) is 26.0 Å². The van der Waals surface area contributed by atoms with E-state index in [2.05, 4.69) is 0 Å². The maximum Gasteiger partial charge on any atom is 0.257 e. The van der Waals surface area contributed by atoms with Crippen molar-refractivity contribution in [2.24, 2.45) is 0 Å². The molecule has 2 fully saturated rings. The molecule has 8 nitrogen and oxygen atoms in total. The number of nitrogens with zero attached hydrogens (tertiary/aromatic N) is 2. The molecule has 1 heterocycles. The lowest BCUT2D eigenvalue weighted by Crippen LogP contribution is -2.49. The van der Waals surface area contributed by atoms with Gasteiger partial charge in [-0.1, -0.05) is 6.92 Å². The zero-order valence-corrected chi connectivity index (χ0v) is 22.1. The molecule has 2 aromatic carbocycles. The average Bonchev–Trinajstić information content (AvgIpc) is 3.36. The molecule has 1 saturated carbocycles. The number of ether oxygens (including phenoxy) is 1. The van der Waals surface area contributed by atoms with Gasteiger partial charge < -0.3 is 14.5 Å². The van der Waals surface area contributed by atoms with Crippen LogP contribution in [0, 0.1) is 5.82 Å². The molecule has 2 aromatic rings. The van der Waals surface area contributed by atoms with Gasteiger partial charge in [0.15, 0.2) is 19.7 Å². The molecule has 0 spiro atoms. The highest BCUT2D eigenvalue weighted by atomic mass is 32.2. The van der Waals surface area contributed by atoms with E-state index in [1.807, 2.05) is 0 Å². The first-order valence-electron chi connectivity index (χ1n) is 12.1. The Morgan fingerprint density at radius 1 is 0.972 bits per heavy atom. The van der Waals surface area contributed by atoms with Gasteiger partial charge in [-0.05, 0) is 62.1 Å². The average molecular weight is 539 g/mol. The Morgan fingerprint density at radius 3 is 2.19 bits per heavy atom. The van der Waals surface area contributed by atoms with Gasteiger partial charge >= 0.3 is 0 Å². The number of carbonyl (C=O) groups is 1. The van der Waals surface area contributed by atoms with Crippen LogP contribution in [0.25, 0.3) is 0 Å². The summed E-state index contributed by atoms with van der Waals surface area (Å²) in [7, 11) is -7.03. The molecule has 1 aliphatic carbocycles. The van der Waals surface area contributed by atoms with Gasteiger partial charge in [-0.2, -0.15) is 0 Å². The molecule has 196 valence electrons. The van der Waals surface area contributed by atoms with Crippen molar-refractivity contribution in [3.8, 4) is 5.75 Å². The van der Waals surface area contributed by atoms with E-state index < -0.39 is 25.5 Å². The van der Waals surface area contributed by atoms with E-state index in [4.69, 9.17) is 4.74 Å². The number of amides is 1. The van der Waals surface area contributed by atoms with Crippen LogP contribution >= 0.6 is 0 Å². The molecule has 0 bridgehead atoms. The Morgan fingerprint density at radius 2 is 1.61 bits per heavy atom. The molecule has 0 atom stereocenters. The maximum atomic E-state index is 14.8. The van der Waals surface area contributed by atoms with Crippen LogP contribution < -0.4 is 9.64 Å². The summed E-state index contributed by atoms with van der Waals surface area (Å²) in [5.74, 6) is -0.699. The Labute approximate surface area is 211 Å². The number of hydrogen-bond donors (Lipinski definition) is 0. The molecule has 4 rings (SSSR count). The van der Waals surface area contributed by atoms with Crippen LogP contribution in [0.3, 0.4) is 0 Å². The third-order valence-corrected chi connectivity index (χ3v) is 9.61. The first-order chi connectivity index (χ1) is 17.0. The standard InChI is InChI=1S/C25H31FN2O6S2/c1-3-36(32,33)20-8-10-23(22(26)17-20)27-12-14-28(15-13-27)25(29)21-16-19(35(2,30)31)9-11-24(21)34-18-6-4-5-7-18/h8-11,16-18H,3-7,12-15H2,1-2H3. The number of rotatable bonds is 7. The molecular formula is C25H31FN2O6S2. The van der Waals surface area contributed by atoms with E-state index in [-0.39, 0.29) is 38.8 Å². The van der Waals surface area contributed by atoms with E-state index >= 15 is 0 Å². The zero-order valence-electron chi connectivity index (χ0n) is 20.4. The summed E-state index contributed by atoms with van der Waals surface area (Å²) in [6.07, 6.45) is 4.99. The number of sulfone groups is 2. The van der Waals surface area contributed by atoms with Crippen LogP contribution in [0.15, 0.2) is 46.2 Å². The molecule has 0 unspecified atom stereocenters. The van der Waals surface area contributed by atoms with Crippen molar-refractivity contribution in [1.29, 1.82) is 0 Å². The van der Waals surface area contributed by atoms with Gasteiger partial charge in [0.2, 0.25) is 0 Å². The highest BCUT2D eigenvalue weighted by Crippen LogP contribution is 2.30. The molecule has 1 aliphatic heterocycles. The largest absolute Gasteiger partial charge is 0.490 e. The molecule has 0 N–H and O–H groups in total. The first-order valence-corrected chi connectivity index (χ1v) is 15.6. The molecule has 0 aromatic heterocycles. The van der Waals surface area contributed by atoms with Crippen LogP contribution in [0.5, 0.6) is 5.75 Å². The normalized spacial score (nSPS) is 17.4. The van der Waals surface area contributed by atoms with Crippen LogP contribution in [0.1, 0.15) is 43.0 Å². The number of halogens is 1. The fourth-order valence-electron chi connectivity index (χ4n) is 4.62. The quantitative estimate of drug-likeness (QED) is 0.533. The van der Waals surface area contributed by atoms with Crippen LogP contribution in [0.2, 0.25) is 0 Å². The van der Waals surface area contributed by atoms with Gasteiger partial charge in [0.1, 0.15) is 11.6 Å². The summed E-state index contributed by atoms with van der Waals surface area (Å²) in [6, 6.07) is 8.28. The number of piperazine rings is 1. The van der Waals surface area contributed by atoms with Gasteiger partial charge in [0.25, 0.3) is 5.91 Å². The highest BCUT2D eigenvalue weighted by molar-refractivity contribution is 7.91. The fraction of sp³-hybridized carbons (Fsp3) is 0.480. The summed E-state index contributed by atoms with van der Waals surface area (Å²) in [5.41, 5.74) is 0.486. The number of anilines is 1. The van der Waals surface area contributed by atoms with Crippen molar-refractivity contribution in [2.75, 3.05) is 43.1 Å². The summed E-state index contributed by atoms with van der Waals surface area (Å²) in [6.45, 7) is 2.77. The molecule has 0 radical (unpaired) electrons. The Kier molecular flexibility index (Phi) is 7.61. The molecule has 1 saturated heterocycles. The van der Waals surface area contributed by atoms with Gasteiger partial charge in [0.05, 0.1) is 32.9 Å². The second kappa shape index (κ2) is 10.4. The monoisotopic (exact) mass is 538 g/mol. The molecule has 11 heteroatoms. The number of hydrogen-bond acceptors (Lipinski definition) is 7. The minimum Gasteiger partial charge on any atom is -0.490 e. The number of carbonyl (C=O) groups excluding carboxylic acids is 1. The SMILES string of the molecule is CCS(=O)(=O)c1ccc(N2CCN(C(=O)c3cc(S(C)(=O)=O)ccc3OC3CCCC3)CC2)c(F)c1. The third kappa shape index (κ3) is 5.67. The van der Waals surface area contributed by atoms with E-state index in [1.54, 1.807) is 15.9 Å². The predicted molar refractivity (Wildman–Crippen MR) is 135 cm³/mol.